The van der Waals surface area contributed by atoms with E-state index < -0.39 is 15.8 Å². The van der Waals surface area contributed by atoms with Gasteiger partial charge in [-0.05, 0) is 55.7 Å². The second-order valence-electron chi connectivity index (χ2n) is 6.19. The molecule has 0 saturated carbocycles. The lowest BCUT2D eigenvalue weighted by molar-refractivity contribution is 0.598. The van der Waals surface area contributed by atoms with Crippen LogP contribution in [0, 0.1) is 12.7 Å². The van der Waals surface area contributed by atoms with Gasteiger partial charge in [0.05, 0.1) is 4.90 Å². The number of hydrogen-bond acceptors (Lipinski definition) is 5. The lowest BCUT2D eigenvalue weighted by Gasteiger charge is -2.20. The summed E-state index contributed by atoms with van der Waals surface area (Å²) in [5.41, 5.74) is 0.335. The van der Waals surface area contributed by atoms with E-state index in [0.717, 1.165) is 37.8 Å². The Labute approximate surface area is 147 Å². The number of nitrogens with one attached hydrogen (secondary N) is 1. The Balaban J connectivity index is 1.76. The standard InChI is InChI=1S/C17H21FN4O2S/c1-13-12-14(18)6-7-15(13)25(23,24)21-16-8-9-17(20-19-16)22-10-4-2-3-5-11-22/h6-9,12H,2-5,10-11H2,1H3,(H,19,21). The molecule has 1 aliphatic heterocycles. The normalized spacial score (nSPS) is 15.7. The molecule has 1 saturated heterocycles. The lowest BCUT2D eigenvalue weighted by atomic mass is 10.2. The summed E-state index contributed by atoms with van der Waals surface area (Å²) in [6.45, 7) is 3.43. The Morgan fingerprint density at radius 3 is 2.36 bits per heavy atom. The molecule has 1 N–H and O–H groups in total. The summed E-state index contributed by atoms with van der Waals surface area (Å²) in [4.78, 5) is 2.19. The summed E-state index contributed by atoms with van der Waals surface area (Å²) in [6.07, 6.45) is 4.69. The van der Waals surface area contributed by atoms with Crippen LogP contribution in [-0.4, -0.2) is 31.7 Å². The highest BCUT2D eigenvalue weighted by atomic mass is 32.2. The molecule has 8 heteroatoms. The number of nitrogens with zero attached hydrogens (tertiary/aromatic N) is 3. The molecule has 0 amide bonds. The summed E-state index contributed by atoms with van der Waals surface area (Å²) >= 11 is 0. The molecule has 25 heavy (non-hydrogen) atoms. The largest absolute Gasteiger partial charge is 0.355 e. The van der Waals surface area contributed by atoms with E-state index >= 15 is 0 Å². The first-order chi connectivity index (χ1) is 12.0. The third kappa shape index (κ3) is 4.25. The molecule has 2 heterocycles. The maximum Gasteiger partial charge on any atom is 0.263 e. The predicted molar refractivity (Wildman–Crippen MR) is 94.7 cm³/mol. The molecule has 0 bridgehead atoms. The van der Waals surface area contributed by atoms with Gasteiger partial charge in [-0.25, -0.2) is 12.8 Å². The van der Waals surface area contributed by atoms with Gasteiger partial charge in [0.25, 0.3) is 10.0 Å². The van der Waals surface area contributed by atoms with Crippen LogP contribution in [0.2, 0.25) is 0 Å². The topological polar surface area (TPSA) is 75.2 Å². The SMILES string of the molecule is Cc1cc(F)ccc1S(=O)(=O)Nc1ccc(N2CCCCCC2)nn1. The maximum atomic E-state index is 13.2. The highest BCUT2D eigenvalue weighted by Crippen LogP contribution is 2.21. The molecule has 0 atom stereocenters. The number of aryl methyl sites for hydroxylation is 1. The van der Waals surface area contributed by atoms with Crippen LogP contribution >= 0.6 is 0 Å². The number of aromatic nitrogens is 2. The molecule has 1 aromatic carbocycles. The zero-order chi connectivity index (χ0) is 17.9. The van der Waals surface area contributed by atoms with E-state index in [2.05, 4.69) is 19.8 Å². The van der Waals surface area contributed by atoms with E-state index in [1.807, 2.05) is 0 Å². The van der Waals surface area contributed by atoms with Gasteiger partial charge in [0.2, 0.25) is 0 Å². The van der Waals surface area contributed by atoms with E-state index in [1.165, 1.54) is 25.0 Å². The maximum absolute atomic E-state index is 13.2. The van der Waals surface area contributed by atoms with Gasteiger partial charge in [0.15, 0.2) is 11.6 Å². The van der Waals surface area contributed by atoms with Gasteiger partial charge in [-0.2, -0.15) is 0 Å². The first-order valence-corrected chi connectivity index (χ1v) is 9.82. The monoisotopic (exact) mass is 364 g/mol. The van der Waals surface area contributed by atoms with Crippen LogP contribution in [0.25, 0.3) is 0 Å². The van der Waals surface area contributed by atoms with Crippen LogP contribution < -0.4 is 9.62 Å². The average Bonchev–Trinajstić information content (AvgIpc) is 2.84. The Hall–Kier alpha value is -2.22. The summed E-state index contributed by atoms with van der Waals surface area (Å²) in [6, 6.07) is 6.92. The first kappa shape index (κ1) is 17.6. The van der Waals surface area contributed by atoms with E-state index in [-0.39, 0.29) is 10.7 Å². The molecule has 2 aromatic rings. The predicted octanol–water partition coefficient (Wildman–Crippen LogP) is 3.11. The molecule has 0 aliphatic carbocycles. The number of hydrogen-bond donors (Lipinski definition) is 1. The Morgan fingerprint density at radius 2 is 1.76 bits per heavy atom. The third-order valence-electron chi connectivity index (χ3n) is 4.25. The average molecular weight is 364 g/mol. The fourth-order valence-electron chi connectivity index (χ4n) is 2.96. The lowest BCUT2D eigenvalue weighted by Crippen LogP contribution is -2.25. The number of sulfonamides is 1. The van der Waals surface area contributed by atoms with Gasteiger partial charge >= 0.3 is 0 Å². The summed E-state index contributed by atoms with van der Waals surface area (Å²) in [5.74, 6) is 0.420. The zero-order valence-corrected chi connectivity index (χ0v) is 14.9. The van der Waals surface area contributed by atoms with Crippen molar-refractivity contribution in [1.29, 1.82) is 0 Å². The van der Waals surface area contributed by atoms with Crippen molar-refractivity contribution in [2.45, 2.75) is 37.5 Å². The zero-order valence-electron chi connectivity index (χ0n) is 14.1. The second-order valence-corrected chi connectivity index (χ2v) is 7.84. The van der Waals surface area contributed by atoms with Crippen LogP contribution in [0.5, 0.6) is 0 Å². The fraction of sp³-hybridized carbons (Fsp3) is 0.412. The van der Waals surface area contributed by atoms with Crippen LogP contribution in [0.3, 0.4) is 0 Å². The van der Waals surface area contributed by atoms with E-state index in [0.29, 0.717) is 5.56 Å². The van der Waals surface area contributed by atoms with Crippen LogP contribution in [0.4, 0.5) is 16.0 Å². The highest BCUT2D eigenvalue weighted by molar-refractivity contribution is 7.92. The number of rotatable bonds is 4. The molecule has 3 rings (SSSR count). The van der Waals surface area contributed by atoms with Crippen molar-refractivity contribution in [2.24, 2.45) is 0 Å². The third-order valence-corrected chi connectivity index (χ3v) is 5.76. The van der Waals surface area contributed by atoms with E-state index in [4.69, 9.17) is 0 Å². The molecule has 0 spiro atoms. The Kier molecular flexibility index (Phi) is 5.17. The molecule has 1 aliphatic rings. The van der Waals surface area contributed by atoms with Gasteiger partial charge in [0, 0.05) is 13.1 Å². The molecule has 6 nitrogen and oxygen atoms in total. The summed E-state index contributed by atoms with van der Waals surface area (Å²) < 4.78 is 40.5. The first-order valence-electron chi connectivity index (χ1n) is 8.33. The Morgan fingerprint density at radius 1 is 1.04 bits per heavy atom. The van der Waals surface area contributed by atoms with Crippen molar-refractivity contribution >= 4 is 21.7 Å². The van der Waals surface area contributed by atoms with E-state index in [1.54, 1.807) is 19.1 Å². The van der Waals surface area contributed by atoms with Gasteiger partial charge in [-0.3, -0.25) is 4.72 Å². The van der Waals surface area contributed by atoms with Crippen molar-refractivity contribution in [3.63, 3.8) is 0 Å². The van der Waals surface area contributed by atoms with Gasteiger partial charge in [-0.1, -0.05) is 12.8 Å². The van der Waals surface area contributed by atoms with Crippen molar-refractivity contribution in [3.05, 3.63) is 41.7 Å². The van der Waals surface area contributed by atoms with Crippen molar-refractivity contribution in [1.82, 2.24) is 10.2 Å². The van der Waals surface area contributed by atoms with Crippen molar-refractivity contribution in [2.75, 3.05) is 22.7 Å². The molecule has 1 fully saturated rings. The molecular weight excluding hydrogens is 343 g/mol. The number of anilines is 2. The van der Waals surface area contributed by atoms with Crippen LogP contribution in [0.1, 0.15) is 31.2 Å². The highest BCUT2D eigenvalue weighted by Gasteiger charge is 2.19. The van der Waals surface area contributed by atoms with Crippen LogP contribution in [-0.2, 0) is 10.0 Å². The van der Waals surface area contributed by atoms with Crippen molar-refractivity contribution < 1.29 is 12.8 Å². The van der Waals surface area contributed by atoms with Gasteiger partial charge in [-0.15, -0.1) is 10.2 Å². The molecule has 0 unspecified atom stereocenters. The minimum Gasteiger partial charge on any atom is -0.355 e. The second kappa shape index (κ2) is 7.35. The number of halogens is 1. The van der Waals surface area contributed by atoms with Crippen LogP contribution in [0.15, 0.2) is 35.2 Å². The molecular formula is C17H21FN4O2S. The van der Waals surface area contributed by atoms with Crippen molar-refractivity contribution in [3.8, 4) is 0 Å². The fourth-order valence-corrected chi connectivity index (χ4v) is 4.18. The Bertz CT molecular complexity index is 832. The molecule has 134 valence electrons. The smallest absolute Gasteiger partial charge is 0.263 e. The quantitative estimate of drug-likeness (QED) is 0.902. The summed E-state index contributed by atoms with van der Waals surface area (Å²) in [7, 11) is -3.84. The minimum absolute atomic E-state index is 0.0206. The molecule has 0 radical (unpaired) electrons. The molecule has 1 aromatic heterocycles. The minimum atomic E-state index is -3.84. The number of benzene rings is 1. The van der Waals surface area contributed by atoms with Gasteiger partial charge < -0.3 is 4.90 Å². The summed E-state index contributed by atoms with van der Waals surface area (Å²) in [5, 5.41) is 8.13. The van der Waals surface area contributed by atoms with E-state index in [9.17, 15) is 12.8 Å². The van der Waals surface area contributed by atoms with Gasteiger partial charge in [0.1, 0.15) is 5.82 Å².